The van der Waals surface area contributed by atoms with Crippen LogP contribution in [0.1, 0.15) is 15.2 Å². The van der Waals surface area contributed by atoms with E-state index in [2.05, 4.69) is 5.32 Å². The molecule has 6 heteroatoms. The summed E-state index contributed by atoms with van der Waals surface area (Å²) >= 11 is 7.73. The van der Waals surface area contributed by atoms with Gasteiger partial charge in [-0.15, -0.1) is 11.3 Å². The number of phenols is 1. The van der Waals surface area contributed by atoms with E-state index in [9.17, 15) is 9.90 Å². The lowest BCUT2D eigenvalue weighted by atomic mass is 10.1. The maximum atomic E-state index is 12.4. The van der Waals surface area contributed by atoms with Crippen LogP contribution in [0, 0.1) is 0 Å². The first-order valence-corrected chi connectivity index (χ1v) is 8.60. The molecule has 0 fully saturated rings. The number of thiophene rings is 1. The zero-order chi connectivity index (χ0) is 17.1. The minimum Gasteiger partial charge on any atom is -0.508 e. The van der Waals surface area contributed by atoms with Gasteiger partial charge in [-0.1, -0.05) is 23.7 Å². The maximum absolute atomic E-state index is 12.4. The lowest BCUT2D eigenvalue weighted by molar-refractivity contribution is 0.0958. The number of benzene rings is 2. The number of aromatic hydroxyl groups is 1. The van der Waals surface area contributed by atoms with E-state index in [1.807, 2.05) is 30.3 Å². The number of halogens is 1. The van der Waals surface area contributed by atoms with Gasteiger partial charge in [0.05, 0.1) is 12.1 Å². The number of carbonyl (C=O) groups excluding carboxylic acids is 1. The van der Waals surface area contributed by atoms with Gasteiger partial charge < -0.3 is 15.2 Å². The van der Waals surface area contributed by atoms with E-state index in [1.54, 1.807) is 19.2 Å². The second-order valence-electron chi connectivity index (χ2n) is 5.28. The van der Waals surface area contributed by atoms with Crippen LogP contribution in [0.25, 0.3) is 10.1 Å². The molecule has 0 unspecified atom stereocenters. The van der Waals surface area contributed by atoms with Gasteiger partial charge in [-0.25, -0.2) is 0 Å². The van der Waals surface area contributed by atoms with Gasteiger partial charge in [0.25, 0.3) is 5.91 Å². The van der Waals surface area contributed by atoms with Crippen LogP contribution >= 0.6 is 22.9 Å². The molecule has 24 heavy (non-hydrogen) atoms. The Morgan fingerprint density at radius 1 is 1.25 bits per heavy atom. The molecule has 2 N–H and O–H groups in total. The number of hydrogen-bond donors (Lipinski definition) is 2. The summed E-state index contributed by atoms with van der Waals surface area (Å²) in [5, 5.41) is 13.4. The number of rotatable bonds is 5. The van der Waals surface area contributed by atoms with Gasteiger partial charge in [-0.2, -0.15) is 0 Å². The van der Waals surface area contributed by atoms with Crippen LogP contribution in [0.3, 0.4) is 0 Å². The number of hydrogen-bond acceptors (Lipinski definition) is 4. The Bertz CT molecular complexity index is 874. The van der Waals surface area contributed by atoms with Crippen LogP contribution in [-0.4, -0.2) is 24.7 Å². The molecule has 1 amide bonds. The molecule has 0 aliphatic carbocycles. The molecule has 3 aromatic rings. The highest BCUT2D eigenvalue weighted by Gasteiger charge is 2.17. The summed E-state index contributed by atoms with van der Waals surface area (Å²) in [4.78, 5) is 12.9. The van der Waals surface area contributed by atoms with Gasteiger partial charge in [0.2, 0.25) is 0 Å². The van der Waals surface area contributed by atoms with Crippen LogP contribution < -0.4 is 10.1 Å². The molecule has 0 atom stereocenters. The highest BCUT2D eigenvalue weighted by atomic mass is 35.5. The van der Waals surface area contributed by atoms with Crippen molar-refractivity contribution in [2.75, 3.05) is 13.7 Å². The predicted octanol–water partition coefficient (Wildman–Crippen LogP) is 4.24. The van der Waals surface area contributed by atoms with Gasteiger partial charge in [-0.3, -0.25) is 4.79 Å². The molecule has 0 aliphatic rings. The van der Waals surface area contributed by atoms with Crippen LogP contribution in [-0.2, 0) is 6.42 Å². The number of fused-ring (bicyclic) bond motifs is 1. The summed E-state index contributed by atoms with van der Waals surface area (Å²) in [6.45, 7) is 0.498. The van der Waals surface area contributed by atoms with Gasteiger partial charge in [0, 0.05) is 16.6 Å². The second kappa shape index (κ2) is 7.11. The molecule has 0 spiro atoms. The summed E-state index contributed by atoms with van der Waals surface area (Å²) in [6.07, 6.45) is 0.683. The first kappa shape index (κ1) is 16.6. The summed E-state index contributed by atoms with van der Waals surface area (Å²) in [6, 6.07) is 12.5. The van der Waals surface area contributed by atoms with Crippen molar-refractivity contribution in [2.24, 2.45) is 0 Å². The normalized spacial score (nSPS) is 10.8. The Morgan fingerprint density at radius 3 is 2.71 bits per heavy atom. The number of methoxy groups -OCH3 is 1. The van der Waals surface area contributed by atoms with Crippen molar-refractivity contribution in [3.63, 3.8) is 0 Å². The van der Waals surface area contributed by atoms with E-state index in [0.717, 1.165) is 15.6 Å². The van der Waals surface area contributed by atoms with Crippen molar-refractivity contribution < 1.29 is 14.6 Å². The van der Waals surface area contributed by atoms with Gasteiger partial charge >= 0.3 is 0 Å². The van der Waals surface area contributed by atoms with Crippen molar-refractivity contribution in [3.05, 3.63) is 57.9 Å². The summed E-state index contributed by atoms with van der Waals surface area (Å²) in [5.74, 6) is 0.760. The summed E-state index contributed by atoms with van der Waals surface area (Å²) in [5.41, 5.74) is 1.04. The third kappa shape index (κ3) is 3.47. The zero-order valence-corrected chi connectivity index (χ0v) is 14.6. The Labute approximate surface area is 148 Å². The molecule has 2 aromatic carbocycles. The fourth-order valence-corrected chi connectivity index (χ4v) is 3.79. The standard InChI is InChI=1S/C18H16ClNO3S/c1-23-13-6-7-15-14(10-13)16(19)17(24-15)18(22)20-9-8-11-2-4-12(21)5-3-11/h2-7,10,21H,8-9H2,1H3,(H,20,22). The largest absolute Gasteiger partial charge is 0.508 e. The third-order valence-corrected chi connectivity index (χ3v) is 5.35. The summed E-state index contributed by atoms with van der Waals surface area (Å²) < 4.78 is 6.15. The Balaban J connectivity index is 1.69. The molecule has 4 nitrogen and oxygen atoms in total. The van der Waals surface area contributed by atoms with Crippen LogP contribution in [0.5, 0.6) is 11.5 Å². The number of carbonyl (C=O) groups is 1. The van der Waals surface area contributed by atoms with E-state index < -0.39 is 0 Å². The molecule has 0 radical (unpaired) electrons. The first-order valence-electron chi connectivity index (χ1n) is 7.40. The number of nitrogens with one attached hydrogen (secondary N) is 1. The minimum absolute atomic E-state index is 0.182. The summed E-state index contributed by atoms with van der Waals surface area (Å²) in [7, 11) is 1.60. The number of amides is 1. The van der Waals surface area contributed by atoms with Crippen molar-refractivity contribution in [3.8, 4) is 11.5 Å². The van der Waals surface area contributed by atoms with Gasteiger partial charge in [0.15, 0.2) is 0 Å². The average Bonchev–Trinajstić information content (AvgIpc) is 2.93. The van der Waals surface area contributed by atoms with Crippen LogP contribution in [0.4, 0.5) is 0 Å². The number of phenolic OH excluding ortho intramolecular Hbond substituents is 1. The maximum Gasteiger partial charge on any atom is 0.262 e. The Hall–Kier alpha value is -2.24. The molecule has 0 saturated carbocycles. The fraction of sp³-hybridized carbons (Fsp3) is 0.167. The molecule has 0 aliphatic heterocycles. The van der Waals surface area contributed by atoms with E-state index in [0.29, 0.717) is 28.6 Å². The molecule has 1 heterocycles. The lowest BCUT2D eigenvalue weighted by Crippen LogP contribution is -2.25. The molecule has 3 rings (SSSR count). The molecule has 0 saturated heterocycles. The molecular weight excluding hydrogens is 346 g/mol. The molecule has 124 valence electrons. The van der Waals surface area contributed by atoms with Crippen molar-refractivity contribution in [1.82, 2.24) is 5.32 Å². The Morgan fingerprint density at radius 2 is 2.00 bits per heavy atom. The highest BCUT2D eigenvalue weighted by molar-refractivity contribution is 7.21. The van der Waals surface area contributed by atoms with E-state index in [1.165, 1.54) is 11.3 Å². The van der Waals surface area contributed by atoms with E-state index >= 15 is 0 Å². The van der Waals surface area contributed by atoms with E-state index in [-0.39, 0.29) is 11.7 Å². The molecule has 0 bridgehead atoms. The quantitative estimate of drug-likeness (QED) is 0.714. The van der Waals surface area contributed by atoms with Crippen molar-refractivity contribution >= 4 is 38.9 Å². The second-order valence-corrected chi connectivity index (χ2v) is 6.71. The monoisotopic (exact) mass is 361 g/mol. The molecule has 1 aromatic heterocycles. The third-order valence-electron chi connectivity index (χ3n) is 3.68. The first-order chi connectivity index (χ1) is 11.6. The zero-order valence-electron chi connectivity index (χ0n) is 13.0. The smallest absolute Gasteiger partial charge is 0.262 e. The number of ether oxygens (including phenoxy) is 1. The fourth-order valence-electron chi connectivity index (χ4n) is 2.38. The van der Waals surface area contributed by atoms with E-state index in [4.69, 9.17) is 16.3 Å². The van der Waals surface area contributed by atoms with Gasteiger partial charge in [-0.05, 0) is 42.3 Å². The van der Waals surface area contributed by atoms with Crippen LogP contribution in [0.2, 0.25) is 5.02 Å². The van der Waals surface area contributed by atoms with Crippen LogP contribution in [0.15, 0.2) is 42.5 Å². The molecular formula is C18H16ClNO3S. The lowest BCUT2D eigenvalue weighted by Gasteiger charge is -2.04. The topological polar surface area (TPSA) is 58.6 Å². The SMILES string of the molecule is COc1ccc2sc(C(=O)NCCc3ccc(O)cc3)c(Cl)c2c1. The Kier molecular flexibility index (Phi) is 4.92. The van der Waals surface area contributed by atoms with Gasteiger partial charge in [0.1, 0.15) is 16.4 Å². The van der Waals surface area contributed by atoms with Crippen molar-refractivity contribution in [2.45, 2.75) is 6.42 Å². The predicted molar refractivity (Wildman–Crippen MR) is 97.5 cm³/mol. The highest BCUT2D eigenvalue weighted by Crippen LogP contribution is 2.37. The average molecular weight is 362 g/mol. The van der Waals surface area contributed by atoms with Crippen molar-refractivity contribution in [1.29, 1.82) is 0 Å². The minimum atomic E-state index is -0.182.